The summed E-state index contributed by atoms with van der Waals surface area (Å²) in [6.07, 6.45) is 0. The van der Waals surface area contributed by atoms with Crippen LogP contribution in [0.4, 0.5) is 10.1 Å². The van der Waals surface area contributed by atoms with Crippen molar-refractivity contribution in [2.75, 3.05) is 12.4 Å². The molecule has 4 rings (SSSR count). The van der Waals surface area contributed by atoms with Crippen LogP contribution in [-0.4, -0.2) is 28.0 Å². The third-order valence-electron chi connectivity index (χ3n) is 4.40. The number of carbonyl (C=O) groups is 1. The molecule has 0 atom stereocenters. The molecule has 1 heterocycles. The van der Waals surface area contributed by atoms with Gasteiger partial charge in [-0.15, -0.1) is 10.2 Å². The first-order valence-electron chi connectivity index (χ1n) is 8.63. The average molecular weight is 376 g/mol. The molecule has 3 aromatic carbocycles. The van der Waals surface area contributed by atoms with Gasteiger partial charge in [-0.1, -0.05) is 12.1 Å². The number of anilines is 1. The van der Waals surface area contributed by atoms with Crippen molar-refractivity contribution in [1.82, 2.24) is 15.0 Å². The van der Waals surface area contributed by atoms with E-state index in [1.54, 1.807) is 25.3 Å². The lowest BCUT2D eigenvalue weighted by Gasteiger charge is -2.08. The first-order valence-corrected chi connectivity index (χ1v) is 8.63. The van der Waals surface area contributed by atoms with Gasteiger partial charge in [0.1, 0.15) is 22.6 Å². The molecule has 7 heteroatoms. The molecule has 0 fully saturated rings. The van der Waals surface area contributed by atoms with Crippen LogP contribution in [0.25, 0.3) is 16.7 Å². The predicted molar refractivity (Wildman–Crippen MR) is 105 cm³/mol. The Balaban J connectivity index is 1.66. The lowest BCUT2D eigenvalue weighted by atomic mass is 10.1. The molecule has 0 radical (unpaired) electrons. The van der Waals surface area contributed by atoms with Gasteiger partial charge >= 0.3 is 0 Å². The van der Waals surface area contributed by atoms with Crippen molar-refractivity contribution in [3.8, 4) is 11.4 Å². The van der Waals surface area contributed by atoms with Crippen LogP contribution < -0.4 is 10.1 Å². The molecular formula is C21H17FN4O2. The fourth-order valence-corrected chi connectivity index (χ4v) is 2.87. The quantitative estimate of drug-likeness (QED) is 0.581. The molecule has 28 heavy (non-hydrogen) atoms. The number of aryl methyl sites for hydroxylation is 1. The molecule has 0 aliphatic carbocycles. The summed E-state index contributed by atoms with van der Waals surface area (Å²) in [5.74, 6) is -0.332. The van der Waals surface area contributed by atoms with E-state index in [2.05, 4.69) is 15.5 Å². The highest BCUT2D eigenvalue weighted by atomic mass is 19.1. The Morgan fingerprint density at radius 2 is 1.71 bits per heavy atom. The summed E-state index contributed by atoms with van der Waals surface area (Å²) in [5.41, 5.74) is 3.44. The fraction of sp³-hybridized carbons (Fsp3) is 0.0952. The summed E-state index contributed by atoms with van der Waals surface area (Å²) in [6.45, 7) is 1.85. The van der Waals surface area contributed by atoms with Crippen molar-refractivity contribution in [2.24, 2.45) is 0 Å². The van der Waals surface area contributed by atoms with E-state index < -0.39 is 11.7 Å². The normalized spacial score (nSPS) is 10.8. The number of methoxy groups -OCH3 is 1. The number of hydrogen-bond acceptors (Lipinski definition) is 4. The van der Waals surface area contributed by atoms with Crippen molar-refractivity contribution in [3.63, 3.8) is 0 Å². The molecule has 0 saturated heterocycles. The van der Waals surface area contributed by atoms with Gasteiger partial charge in [-0.05, 0) is 61.0 Å². The predicted octanol–water partition coefficient (Wildman–Crippen LogP) is 4.13. The maximum Gasteiger partial charge on any atom is 0.258 e. The molecule has 4 aromatic rings. The van der Waals surface area contributed by atoms with Gasteiger partial charge in [-0.2, -0.15) is 4.80 Å². The number of nitrogens with one attached hydrogen (secondary N) is 1. The Kier molecular flexibility index (Phi) is 4.49. The highest BCUT2D eigenvalue weighted by Gasteiger charge is 2.14. The van der Waals surface area contributed by atoms with Crippen LogP contribution >= 0.6 is 0 Å². The van der Waals surface area contributed by atoms with E-state index in [1.165, 1.54) is 16.9 Å². The minimum absolute atomic E-state index is 0.0103. The van der Waals surface area contributed by atoms with Gasteiger partial charge in [-0.3, -0.25) is 4.79 Å². The van der Waals surface area contributed by atoms with E-state index in [0.29, 0.717) is 16.7 Å². The number of benzene rings is 3. The average Bonchev–Trinajstić information content (AvgIpc) is 3.11. The van der Waals surface area contributed by atoms with Gasteiger partial charge in [0.2, 0.25) is 0 Å². The Morgan fingerprint density at radius 3 is 2.39 bits per heavy atom. The van der Waals surface area contributed by atoms with E-state index in [-0.39, 0.29) is 5.56 Å². The monoisotopic (exact) mass is 376 g/mol. The zero-order valence-electron chi connectivity index (χ0n) is 15.3. The molecular weight excluding hydrogens is 359 g/mol. The molecule has 0 aliphatic rings. The summed E-state index contributed by atoms with van der Waals surface area (Å²) in [7, 11) is 1.61. The minimum Gasteiger partial charge on any atom is -0.497 e. The second kappa shape index (κ2) is 7.11. The highest BCUT2D eigenvalue weighted by molar-refractivity contribution is 6.05. The minimum atomic E-state index is -0.566. The van der Waals surface area contributed by atoms with E-state index in [1.807, 2.05) is 37.3 Å². The maximum atomic E-state index is 13.8. The Labute approximate surface area is 160 Å². The number of fused-ring (bicyclic) bond motifs is 1. The van der Waals surface area contributed by atoms with Gasteiger partial charge in [0.25, 0.3) is 5.91 Å². The van der Waals surface area contributed by atoms with Crippen molar-refractivity contribution in [3.05, 3.63) is 77.6 Å². The van der Waals surface area contributed by atoms with Crippen LogP contribution in [0.3, 0.4) is 0 Å². The van der Waals surface area contributed by atoms with Gasteiger partial charge in [0.05, 0.1) is 18.4 Å². The molecule has 0 bridgehead atoms. The van der Waals surface area contributed by atoms with Crippen molar-refractivity contribution in [1.29, 1.82) is 0 Å². The van der Waals surface area contributed by atoms with Gasteiger partial charge in [-0.25, -0.2) is 4.39 Å². The van der Waals surface area contributed by atoms with Crippen molar-refractivity contribution >= 4 is 22.6 Å². The zero-order valence-corrected chi connectivity index (χ0v) is 15.3. The molecule has 1 N–H and O–H groups in total. The molecule has 1 aromatic heterocycles. The molecule has 0 unspecified atom stereocenters. The number of carbonyl (C=O) groups excluding carboxylic acids is 1. The SMILES string of the molecule is COc1ccc(-n2nc3cc(C)c(NC(=O)c4ccccc4F)cc3n2)cc1. The zero-order chi connectivity index (χ0) is 19.7. The van der Waals surface area contributed by atoms with Crippen LogP contribution in [-0.2, 0) is 0 Å². The largest absolute Gasteiger partial charge is 0.497 e. The highest BCUT2D eigenvalue weighted by Crippen LogP contribution is 2.23. The number of rotatable bonds is 4. The number of aromatic nitrogens is 3. The van der Waals surface area contributed by atoms with E-state index in [0.717, 1.165) is 17.0 Å². The van der Waals surface area contributed by atoms with E-state index in [9.17, 15) is 9.18 Å². The molecule has 1 amide bonds. The molecule has 0 spiro atoms. The standard InChI is InChI=1S/C21H17FN4O2/c1-13-11-19-20(25-26(24-19)14-7-9-15(28-2)10-8-14)12-18(13)23-21(27)16-5-3-4-6-17(16)22/h3-12H,1-2H3,(H,23,27). The summed E-state index contributed by atoms with van der Waals surface area (Å²) in [4.78, 5) is 13.9. The molecule has 140 valence electrons. The van der Waals surface area contributed by atoms with Gasteiger partial charge < -0.3 is 10.1 Å². The number of amides is 1. The first-order chi connectivity index (χ1) is 13.5. The van der Waals surface area contributed by atoms with E-state index >= 15 is 0 Å². The van der Waals surface area contributed by atoms with Crippen molar-refractivity contribution < 1.29 is 13.9 Å². The summed E-state index contributed by atoms with van der Waals surface area (Å²) >= 11 is 0. The second-order valence-corrected chi connectivity index (χ2v) is 6.28. The lowest BCUT2D eigenvalue weighted by Crippen LogP contribution is -2.14. The third kappa shape index (κ3) is 3.29. The number of ether oxygens (including phenoxy) is 1. The number of hydrogen-bond donors (Lipinski definition) is 1. The molecule has 0 aliphatic heterocycles. The number of halogens is 1. The lowest BCUT2D eigenvalue weighted by molar-refractivity contribution is 0.102. The van der Waals surface area contributed by atoms with Crippen LogP contribution in [0.1, 0.15) is 15.9 Å². The smallest absolute Gasteiger partial charge is 0.258 e. The summed E-state index contributed by atoms with van der Waals surface area (Å²) in [6, 6.07) is 16.8. The number of nitrogens with zero attached hydrogens (tertiary/aromatic N) is 3. The Hall–Kier alpha value is -3.74. The molecule has 0 saturated carbocycles. The van der Waals surface area contributed by atoms with Crippen molar-refractivity contribution in [2.45, 2.75) is 6.92 Å². The van der Waals surface area contributed by atoms with E-state index in [4.69, 9.17) is 4.74 Å². The van der Waals surface area contributed by atoms with Crippen LogP contribution in [0, 0.1) is 12.7 Å². The topological polar surface area (TPSA) is 69.0 Å². The van der Waals surface area contributed by atoms with Gasteiger partial charge in [0, 0.05) is 5.69 Å². The summed E-state index contributed by atoms with van der Waals surface area (Å²) < 4.78 is 19.0. The third-order valence-corrected chi connectivity index (χ3v) is 4.40. The Bertz CT molecular complexity index is 1170. The van der Waals surface area contributed by atoms with Crippen LogP contribution in [0.2, 0.25) is 0 Å². The van der Waals surface area contributed by atoms with Gasteiger partial charge in [0.15, 0.2) is 0 Å². The second-order valence-electron chi connectivity index (χ2n) is 6.28. The Morgan fingerprint density at radius 1 is 1.04 bits per heavy atom. The van der Waals surface area contributed by atoms with Crippen LogP contribution in [0.15, 0.2) is 60.7 Å². The maximum absolute atomic E-state index is 13.8. The first kappa shape index (κ1) is 17.7. The fourth-order valence-electron chi connectivity index (χ4n) is 2.87. The molecule has 6 nitrogen and oxygen atoms in total. The summed E-state index contributed by atoms with van der Waals surface area (Å²) in [5, 5.41) is 11.7. The van der Waals surface area contributed by atoms with Crippen LogP contribution in [0.5, 0.6) is 5.75 Å².